The Morgan fingerprint density at radius 2 is 1.96 bits per heavy atom. The molecule has 4 atom stereocenters. The Morgan fingerprint density at radius 1 is 1.29 bits per heavy atom. The van der Waals surface area contributed by atoms with Crippen LogP contribution in [0.4, 0.5) is 4.39 Å². The van der Waals surface area contributed by atoms with Crippen LogP contribution in [0.3, 0.4) is 0 Å². The first-order valence-corrected chi connectivity index (χ1v) is 10.3. The van der Waals surface area contributed by atoms with E-state index >= 15 is 0 Å². The maximum Gasteiger partial charge on any atom is 0.247 e. The molecule has 0 aliphatic heterocycles. The first kappa shape index (κ1) is 22.6. The molecule has 1 N–H and O–H groups in total. The summed E-state index contributed by atoms with van der Waals surface area (Å²) >= 11 is 5.80. The van der Waals surface area contributed by atoms with E-state index in [0.29, 0.717) is 17.4 Å². The highest BCUT2D eigenvalue weighted by atomic mass is 35.5. The molecular formula is C21H30ClFN2O3. The van der Waals surface area contributed by atoms with E-state index in [1.54, 1.807) is 0 Å². The van der Waals surface area contributed by atoms with Crippen LogP contribution in [-0.4, -0.2) is 48.9 Å². The molecule has 1 aromatic carbocycles. The Labute approximate surface area is 171 Å². The van der Waals surface area contributed by atoms with Gasteiger partial charge in [-0.1, -0.05) is 38.8 Å². The highest BCUT2D eigenvalue weighted by Crippen LogP contribution is 2.30. The van der Waals surface area contributed by atoms with Crippen molar-refractivity contribution in [3.63, 3.8) is 0 Å². The molecule has 1 aliphatic carbocycles. The van der Waals surface area contributed by atoms with E-state index in [1.165, 1.54) is 36.3 Å². The lowest BCUT2D eigenvalue weighted by Gasteiger charge is -2.37. The van der Waals surface area contributed by atoms with Gasteiger partial charge in [-0.25, -0.2) is 4.39 Å². The van der Waals surface area contributed by atoms with E-state index < -0.39 is 11.9 Å². The van der Waals surface area contributed by atoms with Crippen LogP contribution < -0.4 is 5.32 Å². The van der Waals surface area contributed by atoms with Gasteiger partial charge in [0.25, 0.3) is 0 Å². The summed E-state index contributed by atoms with van der Waals surface area (Å²) in [5.41, 5.74) is 0.546. The molecule has 1 fully saturated rings. The molecule has 1 aliphatic rings. The molecule has 5 nitrogen and oxygen atoms in total. The highest BCUT2D eigenvalue weighted by Gasteiger charge is 2.34. The molecule has 0 bridgehead atoms. The second kappa shape index (κ2) is 10.8. The average Bonchev–Trinajstić information content (AvgIpc) is 2.69. The number of halogens is 2. The van der Waals surface area contributed by atoms with Gasteiger partial charge in [-0.05, 0) is 36.0 Å². The second-order valence-electron chi connectivity index (χ2n) is 7.55. The Kier molecular flexibility index (Phi) is 8.70. The molecule has 28 heavy (non-hydrogen) atoms. The van der Waals surface area contributed by atoms with E-state index in [4.69, 9.17) is 16.3 Å². The first-order chi connectivity index (χ1) is 13.4. The zero-order chi connectivity index (χ0) is 20.7. The van der Waals surface area contributed by atoms with Crippen LogP contribution >= 0.6 is 11.6 Å². The number of nitrogens with zero attached hydrogens (tertiary/aromatic N) is 1. The van der Waals surface area contributed by atoms with Crippen LogP contribution in [-0.2, 0) is 14.3 Å². The Balaban J connectivity index is 2.31. The lowest BCUT2D eigenvalue weighted by atomic mass is 9.78. The smallest absolute Gasteiger partial charge is 0.247 e. The van der Waals surface area contributed by atoms with Gasteiger partial charge in [0, 0.05) is 19.7 Å². The van der Waals surface area contributed by atoms with Crippen LogP contribution in [0.25, 0.3) is 0 Å². The fraction of sp³-hybridized carbons (Fsp3) is 0.619. The van der Waals surface area contributed by atoms with Crippen LogP contribution in [0.5, 0.6) is 0 Å². The molecule has 0 heterocycles. The van der Waals surface area contributed by atoms with Crippen LogP contribution in [0.1, 0.15) is 44.7 Å². The number of alkyl halides is 1. The van der Waals surface area contributed by atoms with Crippen molar-refractivity contribution in [3.8, 4) is 0 Å². The van der Waals surface area contributed by atoms with Gasteiger partial charge in [0.05, 0.1) is 6.61 Å². The molecule has 156 valence electrons. The lowest BCUT2D eigenvalue weighted by molar-refractivity contribution is -0.140. The Hall–Kier alpha value is -1.66. The van der Waals surface area contributed by atoms with Gasteiger partial charge >= 0.3 is 0 Å². The van der Waals surface area contributed by atoms with Gasteiger partial charge in [0.1, 0.15) is 17.7 Å². The number of ether oxygens (including phenoxy) is 1. The summed E-state index contributed by atoms with van der Waals surface area (Å²) in [6, 6.07) is 4.82. The quantitative estimate of drug-likeness (QED) is 0.664. The third-order valence-electron chi connectivity index (χ3n) is 5.75. The summed E-state index contributed by atoms with van der Waals surface area (Å²) in [5, 5.41) is 3.14. The average molecular weight is 413 g/mol. The Bertz CT molecular complexity index is 656. The number of nitrogens with one attached hydrogen (secondary N) is 1. The minimum absolute atomic E-state index is 0.0505. The SMILES string of the molecule is COCCN(C(=O)CCl)C(C(=O)NC1CCCC(C)C1C)c1ccc(F)cc1. The van der Waals surface area contributed by atoms with Crippen LogP contribution in [0.2, 0.25) is 0 Å². The van der Waals surface area contributed by atoms with Gasteiger partial charge in [-0.2, -0.15) is 0 Å². The predicted molar refractivity (Wildman–Crippen MR) is 108 cm³/mol. The van der Waals surface area contributed by atoms with Crippen molar-refractivity contribution in [3.05, 3.63) is 35.6 Å². The zero-order valence-electron chi connectivity index (χ0n) is 16.8. The van der Waals surface area contributed by atoms with E-state index in [2.05, 4.69) is 19.2 Å². The van der Waals surface area contributed by atoms with Crippen LogP contribution in [0, 0.1) is 17.7 Å². The standard InChI is InChI=1S/C21H30ClFN2O3/c1-14-5-4-6-18(15(14)2)24-21(27)20(16-7-9-17(23)10-8-16)25(11-12-28-3)19(26)13-22/h7-10,14-15,18,20H,4-6,11-13H2,1-3H3,(H,24,27). The topological polar surface area (TPSA) is 58.6 Å². The van der Waals surface area contributed by atoms with Gasteiger partial charge < -0.3 is 15.0 Å². The molecule has 0 aromatic heterocycles. The van der Waals surface area contributed by atoms with E-state index in [0.717, 1.165) is 19.3 Å². The van der Waals surface area contributed by atoms with Crippen LogP contribution in [0.15, 0.2) is 24.3 Å². The number of rotatable bonds is 8. The van der Waals surface area contributed by atoms with E-state index in [9.17, 15) is 14.0 Å². The zero-order valence-corrected chi connectivity index (χ0v) is 17.5. The number of hydrogen-bond acceptors (Lipinski definition) is 3. The van der Waals surface area contributed by atoms with Crippen molar-refractivity contribution in [2.45, 2.75) is 45.2 Å². The Morgan fingerprint density at radius 3 is 2.57 bits per heavy atom. The molecule has 0 saturated heterocycles. The number of hydrogen-bond donors (Lipinski definition) is 1. The molecule has 2 amide bonds. The van der Waals surface area contributed by atoms with Crippen molar-refractivity contribution in [2.24, 2.45) is 11.8 Å². The molecule has 0 spiro atoms. The normalized spacial score (nSPS) is 23.1. The van der Waals surface area contributed by atoms with Gasteiger partial charge in [0.2, 0.25) is 11.8 Å². The summed E-state index contributed by atoms with van der Waals surface area (Å²) in [6.07, 6.45) is 3.13. The van der Waals surface area contributed by atoms with Gasteiger partial charge in [-0.15, -0.1) is 11.6 Å². The van der Waals surface area contributed by atoms with Crippen molar-refractivity contribution in [1.29, 1.82) is 0 Å². The van der Waals surface area contributed by atoms with Gasteiger partial charge in [-0.3, -0.25) is 9.59 Å². The molecule has 4 unspecified atom stereocenters. The summed E-state index contributed by atoms with van der Waals surface area (Å²) in [7, 11) is 1.53. The third kappa shape index (κ3) is 5.67. The molecule has 1 aromatic rings. The van der Waals surface area contributed by atoms with Crippen molar-refractivity contribution in [2.75, 3.05) is 26.1 Å². The minimum atomic E-state index is -0.883. The number of carbonyl (C=O) groups is 2. The number of benzene rings is 1. The number of carbonyl (C=O) groups excluding carboxylic acids is 2. The second-order valence-corrected chi connectivity index (χ2v) is 7.82. The maximum atomic E-state index is 13.4. The molecular weight excluding hydrogens is 383 g/mol. The molecule has 0 radical (unpaired) electrons. The third-order valence-corrected chi connectivity index (χ3v) is 5.98. The summed E-state index contributed by atoms with van der Waals surface area (Å²) in [4.78, 5) is 27.2. The van der Waals surface area contributed by atoms with Crippen molar-refractivity contribution < 1.29 is 18.7 Å². The van der Waals surface area contributed by atoms with Gasteiger partial charge in [0.15, 0.2) is 0 Å². The first-order valence-electron chi connectivity index (χ1n) is 9.79. The number of methoxy groups -OCH3 is 1. The molecule has 1 saturated carbocycles. The minimum Gasteiger partial charge on any atom is -0.383 e. The fourth-order valence-corrected chi connectivity index (χ4v) is 3.98. The molecule has 7 heteroatoms. The monoisotopic (exact) mass is 412 g/mol. The summed E-state index contributed by atoms with van der Waals surface area (Å²) in [5.74, 6) is -0.406. The predicted octanol–water partition coefficient (Wildman–Crippen LogP) is 3.52. The highest BCUT2D eigenvalue weighted by molar-refractivity contribution is 6.27. The lowest BCUT2D eigenvalue weighted by Crippen LogP contribution is -2.50. The van der Waals surface area contributed by atoms with Crippen molar-refractivity contribution in [1.82, 2.24) is 10.2 Å². The van der Waals surface area contributed by atoms with Crippen molar-refractivity contribution >= 4 is 23.4 Å². The summed E-state index contributed by atoms with van der Waals surface area (Å²) < 4.78 is 18.5. The number of amides is 2. The summed E-state index contributed by atoms with van der Waals surface area (Å²) in [6.45, 7) is 4.83. The fourth-order valence-electron chi connectivity index (χ4n) is 3.83. The molecule has 2 rings (SSSR count). The maximum absolute atomic E-state index is 13.4. The van der Waals surface area contributed by atoms with E-state index in [-0.39, 0.29) is 36.9 Å². The van der Waals surface area contributed by atoms with E-state index in [1.807, 2.05) is 0 Å². The largest absolute Gasteiger partial charge is 0.383 e.